The van der Waals surface area contributed by atoms with Crippen molar-refractivity contribution in [1.82, 2.24) is 9.55 Å². The minimum Gasteiger partial charge on any atom is -0.504 e. The number of rotatable bonds is 1. The summed E-state index contributed by atoms with van der Waals surface area (Å²) in [5.74, 6) is 1.50. The van der Waals surface area contributed by atoms with Crippen LogP contribution >= 0.6 is 0 Å². The van der Waals surface area contributed by atoms with Gasteiger partial charge in [0.2, 0.25) is 6.79 Å². The SMILES string of the molecule is COc1cc2c(cc1O)c(=O)n(C)c1c3cc4c(cc3ncc21)OCO4. The van der Waals surface area contributed by atoms with Crippen molar-refractivity contribution in [1.29, 1.82) is 0 Å². The first kappa shape index (κ1) is 14.8. The van der Waals surface area contributed by atoms with Crippen LogP contribution in [0.25, 0.3) is 32.6 Å². The van der Waals surface area contributed by atoms with Gasteiger partial charge in [-0.3, -0.25) is 9.78 Å². The molecule has 1 aliphatic heterocycles. The van der Waals surface area contributed by atoms with Gasteiger partial charge in [0.15, 0.2) is 23.0 Å². The molecule has 5 rings (SSSR count). The van der Waals surface area contributed by atoms with Crippen LogP contribution in [-0.4, -0.2) is 28.6 Å². The first-order valence-corrected chi connectivity index (χ1v) is 8.00. The second-order valence-corrected chi connectivity index (χ2v) is 6.18. The first-order valence-electron chi connectivity index (χ1n) is 8.00. The van der Waals surface area contributed by atoms with E-state index in [0.717, 1.165) is 16.3 Å². The molecule has 0 fully saturated rings. The molecule has 4 aromatic rings. The maximum atomic E-state index is 12.9. The zero-order chi connectivity index (χ0) is 18.0. The van der Waals surface area contributed by atoms with Gasteiger partial charge in [0.05, 0.1) is 23.5 Å². The van der Waals surface area contributed by atoms with Crippen molar-refractivity contribution in [2.75, 3.05) is 13.9 Å². The zero-order valence-corrected chi connectivity index (χ0v) is 14.1. The molecule has 3 heterocycles. The fourth-order valence-corrected chi connectivity index (χ4v) is 3.54. The lowest BCUT2D eigenvalue weighted by atomic mass is 10.0. The molecule has 0 aliphatic carbocycles. The van der Waals surface area contributed by atoms with Gasteiger partial charge in [0, 0.05) is 35.5 Å². The summed E-state index contributed by atoms with van der Waals surface area (Å²) < 4.78 is 17.7. The highest BCUT2D eigenvalue weighted by Gasteiger charge is 2.19. The standard InChI is InChI=1S/C19H14N2O5/c1-21-18-11-5-16-17(26-8-25-16)6-13(11)20-7-12(18)9-4-15(24-2)14(22)3-10(9)19(21)23/h3-7,22H,8H2,1-2H3. The molecule has 0 spiro atoms. The third-order valence-electron chi connectivity index (χ3n) is 4.81. The van der Waals surface area contributed by atoms with E-state index in [2.05, 4.69) is 4.98 Å². The van der Waals surface area contributed by atoms with Crippen molar-refractivity contribution < 1.29 is 19.3 Å². The summed E-state index contributed by atoms with van der Waals surface area (Å²) >= 11 is 0. The molecule has 0 amide bonds. The lowest BCUT2D eigenvalue weighted by molar-refractivity contribution is 0.174. The number of fused-ring (bicyclic) bond motifs is 6. The first-order chi connectivity index (χ1) is 12.6. The topological polar surface area (TPSA) is 82.8 Å². The Balaban J connectivity index is 2.02. The Morgan fingerprint density at radius 1 is 1.08 bits per heavy atom. The number of benzene rings is 2. The van der Waals surface area contributed by atoms with Gasteiger partial charge in [0.1, 0.15) is 0 Å². The van der Waals surface area contributed by atoms with E-state index in [0.29, 0.717) is 33.5 Å². The normalized spacial score (nSPS) is 13.0. The quantitative estimate of drug-likeness (QED) is 0.532. The third-order valence-corrected chi connectivity index (χ3v) is 4.81. The molecule has 130 valence electrons. The largest absolute Gasteiger partial charge is 0.504 e. The van der Waals surface area contributed by atoms with Crippen LogP contribution in [0.3, 0.4) is 0 Å². The van der Waals surface area contributed by atoms with Gasteiger partial charge in [-0.15, -0.1) is 0 Å². The number of aromatic hydroxyl groups is 1. The average molecular weight is 350 g/mol. The van der Waals surface area contributed by atoms with Crippen LogP contribution in [0, 0.1) is 0 Å². The van der Waals surface area contributed by atoms with Crippen molar-refractivity contribution in [2.45, 2.75) is 0 Å². The van der Waals surface area contributed by atoms with Gasteiger partial charge in [-0.05, 0) is 18.2 Å². The van der Waals surface area contributed by atoms with E-state index in [4.69, 9.17) is 14.2 Å². The van der Waals surface area contributed by atoms with Gasteiger partial charge < -0.3 is 23.9 Å². The van der Waals surface area contributed by atoms with Crippen LogP contribution in [0.2, 0.25) is 0 Å². The maximum absolute atomic E-state index is 12.9. The van der Waals surface area contributed by atoms with Crippen LogP contribution in [0.4, 0.5) is 0 Å². The predicted octanol–water partition coefficient (Wildman–Crippen LogP) is 2.68. The molecule has 7 nitrogen and oxygen atoms in total. The number of methoxy groups -OCH3 is 1. The van der Waals surface area contributed by atoms with Crippen molar-refractivity contribution in [3.05, 3.63) is 40.8 Å². The van der Waals surface area contributed by atoms with Crippen molar-refractivity contribution in [3.63, 3.8) is 0 Å². The summed E-state index contributed by atoms with van der Waals surface area (Å²) in [7, 11) is 3.17. The van der Waals surface area contributed by atoms with Crippen LogP contribution in [0.15, 0.2) is 35.3 Å². The van der Waals surface area contributed by atoms with E-state index in [1.807, 2.05) is 12.1 Å². The summed E-state index contributed by atoms with van der Waals surface area (Å²) in [6, 6.07) is 6.74. The average Bonchev–Trinajstić information content (AvgIpc) is 3.10. The van der Waals surface area contributed by atoms with E-state index >= 15 is 0 Å². The molecule has 1 aliphatic rings. The summed E-state index contributed by atoms with van der Waals surface area (Å²) in [6.07, 6.45) is 1.72. The fraction of sp³-hybridized carbons (Fsp3) is 0.158. The number of pyridine rings is 2. The Bertz CT molecular complexity index is 1290. The molecule has 0 saturated carbocycles. The van der Waals surface area contributed by atoms with Gasteiger partial charge in [-0.25, -0.2) is 0 Å². The van der Waals surface area contributed by atoms with Crippen molar-refractivity contribution >= 4 is 32.6 Å². The Hall–Kier alpha value is -3.48. The minimum absolute atomic E-state index is 0.0754. The van der Waals surface area contributed by atoms with E-state index < -0.39 is 0 Å². The molecule has 7 heteroatoms. The Morgan fingerprint density at radius 2 is 1.85 bits per heavy atom. The highest BCUT2D eigenvalue weighted by molar-refractivity contribution is 6.15. The van der Waals surface area contributed by atoms with Gasteiger partial charge >= 0.3 is 0 Å². The van der Waals surface area contributed by atoms with Crippen LogP contribution in [0.5, 0.6) is 23.0 Å². The number of aromatic nitrogens is 2. The molecule has 0 atom stereocenters. The van der Waals surface area contributed by atoms with Gasteiger partial charge in [-0.2, -0.15) is 0 Å². The Kier molecular flexibility index (Phi) is 2.86. The van der Waals surface area contributed by atoms with E-state index in [1.165, 1.54) is 13.2 Å². The number of ether oxygens (including phenoxy) is 3. The molecule has 26 heavy (non-hydrogen) atoms. The second kappa shape index (κ2) is 5.01. The smallest absolute Gasteiger partial charge is 0.258 e. The summed E-state index contributed by atoms with van der Waals surface area (Å²) in [5, 5.41) is 12.7. The van der Waals surface area contributed by atoms with E-state index in [-0.39, 0.29) is 18.1 Å². The minimum atomic E-state index is -0.212. The van der Waals surface area contributed by atoms with Crippen LogP contribution in [0.1, 0.15) is 0 Å². The van der Waals surface area contributed by atoms with Crippen molar-refractivity contribution in [3.8, 4) is 23.0 Å². The van der Waals surface area contributed by atoms with Crippen LogP contribution in [-0.2, 0) is 7.05 Å². The summed E-state index contributed by atoms with van der Waals surface area (Å²) in [5.41, 5.74) is 1.23. The molecule has 0 bridgehead atoms. The number of phenolic OH excluding ortho intramolecular Hbond substituents is 1. The molecular weight excluding hydrogens is 336 g/mol. The highest BCUT2D eigenvalue weighted by Crippen LogP contribution is 2.39. The molecule has 0 radical (unpaired) electrons. The van der Waals surface area contributed by atoms with Crippen molar-refractivity contribution in [2.24, 2.45) is 7.05 Å². The Morgan fingerprint density at radius 3 is 2.62 bits per heavy atom. The molecule has 0 unspecified atom stereocenters. The fourth-order valence-electron chi connectivity index (χ4n) is 3.54. The van der Waals surface area contributed by atoms with Gasteiger partial charge in [0.25, 0.3) is 5.56 Å². The maximum Gasteiger partial charge on any atom is 0.258 e. The number of phenols is 1. The molecule has 2 aromatic heterocycles. The second-order valence-electron chi connectivity index (χ2n) is 6.18. The predicted molar refractivity (Wildman–Crippen MR) is 96.3 cm³/mol. The Labute approximate surface area is 147 Å². The van der Waals surface area contributed by atoms with E-state index in [1.54, 1.807) is 23.9 Å². The number of hydrogen-bond donors (Lipinski definition) is 1. The number of nitrogens with zero attached hydrogens (tertiary/aromatic N) is 2. The summed E-state index contributed by atoms with van der Waals surface area (Å²) in [6.45, 7) is 0.169. The zero-order valence-electron chi connectivity index (χ0n) is 14.1. The summed E-state index contributed by atoms with van der Waals surface area (Å²) in [4.78, 5) is 17.4. The third kappa shape index (κ3) is 1.82. The number of hydrogen-bond acceptors (Lipinski definition) is 6. The molecule has 0 saturated heterocycles. The molecule has 1 N–H and O–H groups in total. The monoisotopic (exact) mass is 350 g/mol. The highest BCUT2D eigenvalue weighted by atomic mass is 16.7. The number of aryl methyl sites for hydroxylation is 1. The van der Waals surface area contributed by atoms with E-state index in [9.17, 15) is 9.90 Å². The lowest BCUT2D eigenvalue weighted by Gasteiger charge is -2.13. The van der Waals surface area contributed by atoms with Crippen LogP contribution < -0.4 is 19.8 Å². The molecule has 2 aromatic carbocycles. The van der Waals surface area contributed by atoms with Gasteiger partial charge in [-0.1, -0.05) is 0 Å². The molecular formula is C19H14N2O5. The lowest BCUT2D eigenvalue weighted by Crippen LogP contribution is -2.17.